The van der Waals surface area contributed by atoms with E-state index in [0.717, 1.165) is 13.1 Å². The van der Waals surface area contributed by atoms with Gasteiger partial charge in [0.15, 0.2) is 0 Å². The summed E-state index contributed by atoms with van der Waals surface area (Å²) in [5, 5.41) is 6.10. The minimum absolute atomic E-state index is 1.13. The zero-order valence-electron chi connectivity index (χ0n) is 3.70. The molecule has 1 aliphatic rings. The van der Waals surface area contributed by atoms with Gasteiger partial charge in [0.2, 0.25) is 0 Å². The van der Waals surface area contributed by atoms with Crippen molar-refractivity contribution in [3.63, 3.8) is 0 Å². The van der Waals surface area contributed by atoms with Crippen LogP contribution in [0, 0.1) is 6.67 Å². The average molecular weight is 85.1 g/mol. The Morgan fingerprint density at radius 3 is 2.00 bits per heavy atom. The lowest BCUT2D eigenvalue weighted by Crippen LogP contribution is -2.31. The molecule has 0 aromatic heterocycles. The van der Waals surface area contributed by atoms with Crippen LogP contribution in [0.15, 0.2) is 0 Å². The highest BCUT2D eigenvalue weighted by Crippen LogP contribution is 1.78. The lowest BCUT2D eigenvalue weighted by atomic mass is 10.4. The first kappa shape index (κ1) is 4.09. The van der Waals surface area contributed by atoms with Crippen LogP contribution in [0.3, 0.4) is 0 Å². The molecular weight excluding hydrogens is 76.1 g/mol. The first-order chi connectivity index (χ1) is 3.00. The van der Waals surface area contributed by atoms with Crippen molar-refractivity contribution in [2.24, 2.45) is 0 Å². The van der Waals surface area contributed by atoms with E-state index in [1.807, 2.05) is 6.67 Å². The number of rotatable bonds is 0. The van der Waals surface area contributed by atoms with Gasteiger partial charge in [0.1, 0.15) is 0 Å². The van der Waals surface area contributed by atoms with Crippen LogP contribution in [-0.2, 0) is 0 Å². The Labute approximate surface area is 37.9 Å². The first-order valence-electron chi connectivity index (χ1n) is 2.28. The molecule has 0 aromatic rings. The Kier molecular flexibility index (Phi) is 1.47. The third kappa shape index (κ3) is 0.954. The normalized spacial score (nSPS) is 24.0. The monoisotopic (exact) mass is 85.1 g/mol. The summed E-state index contributed by atoms with van der Waals surface area (Å²) in [4.78, 5) is 0. The van der Waals surface area contributed by atoms with Crippen molar-refractivity contribution in [3.05, 3.63) is 6.67 Å². The zero-order chi connectivity index (χ0) is 4.24. The van der Waals surface area contributed by atoms with Gasteiger partial charge in [-0.05, 0) is 19.5 Å². The van der Waals surface area contributed by atoms with Gasteiger partial charge in [-0.25, -0.2) is 0 Å². The van der Waals surface area contributed by atoms with E-state index in [0.29, 0.717) is 0 Å². The lowest BCUT2D eigenvalue weighted by molar-refractivity contribution is 0.564. The molecule has 1 radical (unpaired) electrons. The molecule has 0 atom stereocenters. The van der Waals surface area contributed by atoms with Gasteiger partial charge in [0.05, 0.1) is 6.67 Å². The molecule has 0 aliphatic carbocycles. The van der Waals surface area contributed by atoms with Crippen molar-refractivity contribution in [3.8, 4) is 0 Å². The molecule has 0 unspecified atom stereocenters. The van der Waals surface area contributed by atoms with Gasteiger partial charge in [0, 0.05) is 0 Å². The van der Waals surface area contributed by atoms with Gasteiger partial charge in [0.25, 0.3) is 0 Å². The van der Waals surface area contributed by atoms with E-state index in [-0.39, 0.29) is 0 Å². The second-order valence-corrected chi connectivity index (χ2v) is 1.41. The van der Waals surface area contributed by atoms with Gasteiger partial charge < -0.3 is 0 Å². The second kappa shape index (κ2) is 2.16. The van der Waals surface area contributed by atoms with Crippen LogP contribution in [0.1, 0.15) is 6.42 Å². The molecule has 2 nitrogen and oxygen atoms in total. The molecule has 0 amide bonds. The molecular formula is C4H9N2. The molecule has 1 saturated heterocycles. The van der Waals surface area contributed by atoms with E-state index >= 15 is 0 Å². The highest BCUT2D eigenvalue weighted by atomic mass is 15.1. The van der Waals surface area contributed by atoms with Gasteiger partial charge in [-0.15, -0.1) is 0 Å². The quantitative estimate of drug-likeness (QED) is 0.421. The third-order valence-electron chi connectivity index (χ3n) is 0.846. The summed E-state index contributed by atoms with van der Waals surface area (Å²) < 4.78 is 0. The molecule has 1 heterocycles. The van der Waals surface area contributed by atoms with Crippen LogP contribution in [0.4, 0.5) is 0 Å². The Bertz CT molecular complexity index is 21.0. The fourth-order valence-electron chi connectivity index (χ4n) is 0.509. The summed E-state index contributed by atoms with van der Waals surface area (Å²) in [6.07, 6.45) is 1.25. The molecule has 1 aliphatic heterocycles. The van der Waals surface area contributed by atoms with Crippen LogP contribution >= 0.6 is 0 Å². The molecule has 0 saturated carbocycles. The maximum absolute atomic E-state index is 3.05. The predicted octanol–water partition coefficient (Wildman–Crippen LogP) is -0.311. The highest BCUT2D eigenvalue weighted by Gasteiger charge is 1.92. The Balaban J connectivity index is 2.00. The third-order valence-corrected chi connectivity index (χ3v) is 0.846. The summed E-state index contributed by atoms with van der Waals surface area (Å²) in [7, 11) is 0. The summed E-state index contributed by atoms with van der Waals surface area (Å²) in [5.41, 5.74) is 0. The fourth-order valence-corrected chi connectivity index (χ4v) is 0.509. The summed E-state index contributed by atoms with van der Waals surface area (Å²) in [5.74, 6) is 0. The van der Waals surface area contributed by atoms with E-state index in [1.54, 1.807) is 0 Å². The van der Waals surface area contributed by atoms with Crippen LogP contribution < -0.4 is 10.6 Å². The van der Waals surface area contributed by atoms with Crippen LogP contribution in [0.2, 0.25) is 0 Å². The summed E-state index contributed by atoms with van der Waals surface area (Å²) in [6, 6.07) is 0. The highest BCUT2D eigenvalue weighted by molar-refractivity contribution is 4.65. The zero-order valence-corrected chi connectivity index (χ0v) is 3.70. The van der Waals surface area contributed by atoms with Crippen LogP contribution in [-0.4, -0.2) is 13.1 Å². The van der Waals surface area contributed by atoms with Crippen molar-refractivity contribution >= 4 is 0 Å². The van der Waals surface area contributed by atoms with Crippen LogP contribution in [0.5, 0.6) is 0 Å². The molecule has 6 heavy (non-hydrogen) atoms. The van der Waals surface area contributed by atoms with E-state index in [2.05, 4.69) is 10.6 Å². The number of hydrogen-bond donors (Lipinski definition) is 2. The smallest absolute Gasteiger partial charge is 0.0866 e. The Hall–Kier alpha value is -0.0800. The standard InChI is InChI=1S/C4H9N2/c1-2-5-4-6-3-1/h4-6H,1-3H2. The van der Waals surface area contributed by atoms with Crippen molar-refractivity contribution in [2.45, 2.75) is 6.42 Å². The van der Waals surface area contributed by atoms with Gasteiger partial charge in [-0.3, -0.25) is 10.6 Å². The topological polar surface area (TPSA) is 24.1 Å². The summed E-state index contributed by atoms with van der Waals surface area (Å²) >= 11 is 0. The van der Waals surface area contributed by atoms with Gasteiger partial charge in [-0.2, -0.15) is 0 Å². The molecule has 1 fully saturated rings. The van der Waals surface area contributed by atoms with E-state index in [1.165, 1.54) is 6.42 Å². The predicted molar refractivity (Wildman–Crippen MR) is 24.9 cm³/mol. The van der Waals surface area contributed by atoms with Crippen molar-refractivity contribution in [1.82, 2.24) is 10.6 Å². The second-order valence-electron chi connectivity index (χ2n) is 1.41. The van der Waals surface area contributed by atoms with Crippen molar-refractivity contribution in [2.75, 3.05) is 13.1 Å². The molecule has 0 bridgehead atoms. The van der Waals surface area contributed by atoms with Gasteiger partial charge >= 0.3 is 0 Å². The first-order valence-corrected chi connectivity index (χ1v) is 2.28. The maximum atomic E-state index is 3.05. The summed E-state index contributed by atoms with van der Waals surface area (Å²) in [6.45, 7) is 4.16. The molecule has 0 aromatic carbocycles. The molecule has 35 valence electrons. The average Bonchev–Trinajstić information content (AvgIpc) is 1.72. The molecule has 2 heteroatoms. The maximum Gasteiger partial charge on any atom is 0.0866 e. The Morgan fingerprint density at radius 2 is 1.83 bits per heavy atom. The lowest BCUT2D eigenvalue weighted by Gasteiger charge is -2.10. The van der Waals surface area contributed by atoms with E-state index in [9.17, 15) is 0 Å². The Morgan fingerprint density at radius 1 is 1.17 bits per heavy atom. The largest absolute Gasteiger partial charge is 0.299 e. The number of hydrogen-bond acceptors (Lipinski definition) is 2. The fraction of sp³-hybridized carbons (Fsp3) is 0.750. The van der Waals surface area contributed by atoms with Crippen LogP contribution in [0.25, 0.3) is 0 Å². The minimum Gasteiger partial charge on any atom is -0.299 e. The molecule has 2 N–H and O–H groups in total. The van der Waals surface area contributed by atoms with Gasteiger partial charge in [-0.1, -0.05) is 0 Å². The minimum atomic E-state index is 1.13. The van der Waals surface area contributed by atoms with Crippen molar-refractivity contribution in [1.29, 1.82) is 0 Å². The van der Waals surface area contributed by atoms with Crippen molar-refractivity contribution < 1.29 is 0 Å². The van der Waals surface area contributed by atoms with E-state index < -0.39 is 0 Å². The molecule has 1 rings (SSSR count). The molecule has 0 spiro atoms. The SMILES string of the molecule is [CH]1NCCCN1. The van der Waals surface area contributed by atoms with E-state index in [4.69, 9.17) is 0 Å². The number of nitrogens with one attached hydrogen (secondary N) is 2.